The van der Waals surface area contributed by atoms with Crippen molar-refractivity contribution >= 4 is 34.7 Å². The Balaban J connectivity index is 1.54. The number of nitrogens with two attached hydrogens (primary N) is 1. The number of anilines is 1. The van der Waals surface area contributed by atoms with Crippen LogP contribution in [0.15, 0.2) is 59.8 Å². The molecule has 0 saturated heterocycles. The van der Waals surface area contributed by atoms with Crippen molar-refractivity contribution in [1.29, 1.82) is 5.26 Å². The molecule has 0 atom stereocenters. The summed E-state index contributed by atoms with van der Waals surface area (Å²) < 4.78 is 5.19. The second-order valence-corrected chi connectivity index (χ2v) is 8.91. The van der Waals surface area contributed by atoms with Crippen LogP contribution >= 0.6 is 23.1 Å². The van der Waals surface area contributed by atoms with Crippen LogP contribution < -0.4 is 10.5 Å². The van der Waals surface area contributed by atoms with Gasteiger partial charge in [0.05, 0.1) is 29.1 Å². The molecule has 164 valence electrons. The average molecular weight is 474 g/mol. The van der Waals surface area contributed by atoms with E-state index in [1.54, 1.807) is 7.11 Å². The van der Waals surface area contributed by atoms with Crippen molar-refractivity contribution in [2.45, 2.75) is 12.1 Å². The molecule has 0 aliphatic rings. The molecule has 0 spiro atoms. The second-order valence-electron chi connectivity index (χ2n) is 6.97. The van der Waals surface area contributed by atoms with E-state index in [9.17, 15) is 10.1 Å². The van der Waals surface area contributed by atoms with Crippen LogP contribution in [-0.4, -0.2) is 33.6 Å². The van der Waals surface area contributed by atoms with Crippen molar-refractivity contribution in [3.05, 3.63) is 70.7 Å². The summed E-state index contributed by atoms with van der Waals surface area (Å²) in [5, 5.41) is 10.6. The lowest BCUT2D eigenvalue weighted by Crippen LogP contribution is -2.06. The first-order valence-electron chi connectivity index (χ1n) is 9.91. The fourth-order valence-corrected chi connectivity index (χ4v) is 4.97. The molecule has 0 amide bonds. The molecule has 2 heterocycles. The molecule has 2 aromatic carbocycles. The summed E-state index contributed by atoms with van der Waals surface area (Å²) in [7, 11) is 1.62. The minimum Gasteiger partial charge on any atom is -0.497 e. The highest BCUT2D eigenvalue weighted by Gasteiger charge is 2.19. The highest BCUT2D eigenvalue weighted by Crippen LogP contribution is 2.31. The zero-order valence-electron chi connectivity index (χ0n) is 17.9. The summed E-state index contributed by atoms with van der Waals surface area (Å²) in [5.74, 6) is 0.917. The Bertz CT molecular complexity index is 1350. The minimum absolute atomic E-state index is 0.0671. The van der Waals surface area contributed by atoms with E-state index in [2.05, 4.69) is 21.0 Å². The Morgan fingerprint density at radius 1 is 1.09 bits per heavy atom. The van der Waals surface area contributed by atoms with Gasteiger partial charge < -0.3 is 10.5 Å². The normalized spacial score (nSPS) is 10.6. The first kappa shape index (κ1) is 22.5. The topological polar surface area (TPSA) is 115 Å². The number of nitrogens with zero attached hydrogens (tertiary/aromatic N) is 4. The van der Waals surface area contributed by atoms with E-state index >= 15 is 0 Å². The molecule has 4 aromatic rings. The lowest BCUT2D eigenvalue weighted by molar-refractivity contribution is 0.102. The van der Waals surface area contributed by atoms with E-state index in [0.717, 1.165) is 21.9 Å². The van der Waals surface area contributed by atoms with Crippen LogP contribution in [-0.2, 0) is 0 Å². The summed E-state index contributed by atoms with van der Waals surface area (Å²) in [4.78, 5) is 26.8. The van der Waals surface area contributed by atoms with Crippen LogP contribution in [0.25, 0.3) is 21.8 Å². The van der Waals surface area contributed by atoms with Crippen molar-refractivity contribution in [3.63, 3.8) is 0 Å². The molecule has 0 aliphatic carbocycles. The largest absolute Gasteiger partial charge is 0.497 e. The van der Waals surface area contributed by atoms with E-state index in [1.165, 1.54) is 23.1 Å². The van der Waals surface area contributed by atoms with E-state index in [0.29, 0.717) is 21.4 Å². The summed E-state index contributed by atoms with van der Waals surface area (Å²) in [6, 6.07) is 18.9. The molecule has 0 fully saturated rings. The van der Waals surface area contributed by atoms with Crippen LogP contribution in [0.4, 0.5) is 5.82 Å². The fraction of sp³-hybridized carbons (Fsp3) is 0.125. The van der Waals surface area contributed by atoms with Gasteiger partial charge in [-0.1, -0.05) is 42.1 Å². The van der Waals surface area contributed by atoms with Crippen molar-refractivity contribution in [3.8, 4) is 33.6 Å². The Morgan fingerprint density at radius 3 is 2.48 bits per heavy atom. The van der Waals surface area contributed by atoms with Gasteiger partial charge in [0, 0.05) is 11.1 Å². The Morgan fingerprint density at radius 2 is 1.82 bits per heavy atom. The van der Waals surface area contributed by atoms with Crippen LogP contribution in [0.1, 0.15) is 20.9 Å². The van der Waals surface area contributed by atoms with Crippen molar-refractivity contribution in [2.75, 3.05) is 18.6 Å². The smallest absolute Gasteiger partial charge is 0.190 e. The summed E-state index contributed by atoms with van der Waals surface area (Å²) in [6.07, 6.45) is 0. The van der Waals surface area contributed by atoms with Crippen LogP contribution in [0.3, 0.4) is 0 Å². The number of nitrogen functional groups attached to an aromatic ring is 1. The predicted molar refractivity (Wildman–Crippen MR) is 130 cm³/mol. The number of nitriles is 1. The monoisotopic (exact) mass is 473 g/mol. The number of benzene rings is 2. The van der Waals surface area contributed by atoms with Gasteiger partial charge in [0.25, 0.3) is 0 Å². The third-order valence-corrected chi connectivity index (χ3v) is 6.89. The molecule has 0 saturated carbocycles. The number of Topliss-reactive ketones (excluding diaryl/α,β-unsaturated/α-hetero) is 1. The van der Waals surface area contributed by atoms with Crippen LogP contribution in [0.2, 0.25) is 0 Å². The van der Waals surface area contributed by atoms with Gasteiger partial charge in [0.15, 0.2) is 10.9 Å². The van der Waals surface area contributed by atoms with Gasteiger partial charge in [-0.3, -0.25) is 4.79 Å². The quantitative estimate of drug-likeness (QED) is 0.226. The summed E-state index contributed by atoms with van der Waals surface area (Å²) in [6.45, 7) is 1.82. The molecule has 2 N–H and O–H groups in total. The molecule has 0 bridgehead atoms. The Hall–Kier alpha value is -3.74. The number of hydrogen-bond donors (Lipinski definition) is 1. The van der Waals surface area contributed by atoms with E-state index in [1.807, 2.05) is 61.5 Å². The lowest BCUT2D eigenvalue weighted by atomic mass is 10.1. The van der Waals surface area contributed by atoms with Crippen LogP contribution in [0, 0.1) is 18.3 Å². The van der Waals surface area contributed by atoms with Crippen molar-refractivity contribution in [1.82, 2.24) is 15.0 Å². The number of carbonyl (C=O) groups excluding carboxylic acids is 1. The number of thioether (sulfide) groups is 1. The maximum Gasteiger partial charge on any atom is 0.190 e. The molecule has 9 heteroatoms. The van der Waals surface area contributed by atoms with Gasteiger partial charge >= 0.3 is 0 Å². The molecule has 0 radical (unpaired) electrons. The molecule has 4 rings (SSSR count). The van der Waals surface area contributed by atoms with Crippen LogP contribution in [0.5, 0.6) is 5.75 Å². The van der Waals surface area contributed by atoms with E-state index in [4.69, 9.17) is 10.5 Å². The second kappa shape index (κ2) is 9.81. The zero-order valence-corrected chi connectivity index (χ0v) is 19.5. The maximum atomic E-state index is 12.9. The first-order chi connectivity index (χ1) is 16.0. The number of ketones is 1. The van der Waals surface area contributed by atoms with Gasteiger partial charge in [0.2, 0.25) is 0 Å². The third kappa shape index (κ3) is 4.87. The molecule has 33 heavy (non-hydrogen) atoms. The van der Waals surface area contributed by atoms with E-state index < -0.39 is 0 Å². The Kier molecular flexibility index (Phi) is 6.68. The fourth-order valence-electron chi connectivity index (χ4n) is 3.14. The van der Waals surface area contributed by atoms with Gasteiger partial charge in [-0.15, -0.1) is 11.3 Å². The van der Waals surface area contributed by atoms with Crippen molar-refractivity contribution in [2.24, 2.45) is 0 Å². The number of aromatic nitrogens is 3. The molecule has 0 aliphatic heterocycles. The molecule has 2 aromatic heterocycles. The maximum absolute atomic E-state index is 12.9. The summed E-state index contributed by atoms with van der Waals surface area (Å²) in [5.41, 5.74) is 9.06. The molecule has 7 nitrogen and oxygen atoms in total. The highest BCUT2D eigenvalue weighted by molar-refractivity contribution is 7.99. The first-order valence-corrected chi connectivity index (χ1v) is 11.7. The number of rotatable bonds is 7. The predicted octanol–water partition coefficient (Wildman–Crippen LogP) is 5.01. The SMILES string of the molecule is COc1ccc(-c2nc(C)c(C(=O)CSc3nc(N)c(C#N)c(-c4ccccc4)n3)s2)cc1. The number of aryl methyl sites for hydroxylation is 1. The highest BCUT2D eigenvalue weighted by atomic mass is 32.2. The van der Waals surface area contributed by atoms with Gasteiger partial charge in [-0.25, -0.2) is 15.0 Å². The minimum atomic E-state index is -0.0671. The number of thiazole rings is 1. The number of ether oxygens (including phenoxy) is 1. The number of hydrogen-bond acceptors (Lipinski definition) is 9. The summed E-state index contributed by atoms with van der Waals surface area (Å²) >= 11 is 2.54. The molecular weight excluding hydrogens is 454 g/mol. The number of carbonyl (C=O) groups is 1. The standard InChI is InChI=1S/C24H19N5O2S2/c1-14-21(33-23(27-14)16-8-10-17(31-2)11-9-16)19(30)13-32-24-28-20(15-6-4-3-5-7-15)18(12-25)22(26)29-24/h3-11H,13H2,1-2H3,(H2,26,28,29). The van der Waals surface area contributed by atoms with Crippen molar-refractivity contribution < 1.29 is 9.53 Å². The Labute approximate surface area is 199 Å². The third-order valence-electron chi connectivity index (χ3n) is 4.79. The molecular formula is C24H19N5O2S2. The molecule has 0 unspecified atom stereocenters. The number of methoxy groups -OCH3 is 1. The van der Waals surface area contributed by atoms with Gasteiger partial charge in [-0.2, -0.15) is 5.26 Å². The average Bonchev–Trinajstić information content (AvgIpc) is 3.24. The zero-order chi connectivity index (χ0) is 23.4. The van der Waals surface area contributed by atoms with Gasteiger partial charge in [-0.05, 0) is 31.2 Å². The lowest BCUT2D eigenvalue weighted by Gasteiger charge is -2.08. The van der Waals surface area contributed by atoms with Gasteiger partial charge in [0.1, 0.15) is 28.2 Å². The van der Waals surface area contributed by atoms with E-state index in [-0.39, 0.29) is 22.9 Å².